The summed E-state index contributed by atoms with van der Waals surface area (Å²) in [5.41, 5.74) is 5.87. The fraction of sp³-hybridized carbons (Fsp3) is 0.929. The lowest BCUT2D eigenvalue weighted by Gasteiger charge is -2.27. The van der Waals surface area contributed by atoms with Crippen molar-refractivity contribution in [2.75, 3.05) is 39.4 Å². The lowest BCUT2D eigenvalue weighted by molar-refractivity contribution is -0.122. The predicted octanol–water partition coefficient (Wildman–Crippen LogP) is 0.342. The molecule has 2 fully saturated rings. The molecule has 0 spiro atoms. The monoisotopic (exact) mass is 269 g/mol. The van der Waals surface area contributed by atoms with E-state index in [9.17, 15) is 4.79 Å². The Balaban J connectivity index is 1.54. The van der Waals surface area contributed by atoms with Crippen molar-refractivity contribution in [1.29, 1.82) is 0 Å². The first-order valence-corrected chi connectivity index (χ1v) is 7.56. The van der Waals surface area contributed by atoms with Gasteiger partial charge < -0.3 is 15.8 Å². The van der Waals surface area contributed by atoms with Crippen LogP contribution in [0.1, 0.15) is 32.1 Å². The molecule has 0 atom stereocenters. The third-order valence-electron chi connectivity index (χ3n) is 4.22. The molecule has 1 saturated heterocycles. The zero-order valence-electron chi connectivity index (χ0n) is 11.8. The SMILES string of the molecule is NC1CCC(CC(=O)NCCN2CCOCC2)CC1. The molecule has 1 aliphatic carbocycles. The number of nitrogens with zero attached hydrogens (tertiary/aromatic N) is 1. The van der Waals surface area contributed by atoms with E-state index in [0.29, 0.717) is 18.4 Å². The van der Waals surface area contributed by atoms with Crippen LogP contribution in [0.15, 0.2) is 0 Å². The maximum absolute atomic E-state index is 11.8. The minimum Gasteiger partial charge on any atom is -0.379 e. The Morgan fingerprint density at radius 2 is 1.89 bits per heavy atom. The Hall–Kier alpha value is -0.650. The third-order valence-corrected chi connectivity index (χ3v) is 4.22. The molecule has 1 amide bonds. The van der Waals surface area contributed by atoms with Gasteiger partial charge in [-0.2, -0.15) is 0 Å². The average molecular weight is 269 g/mol. The second kappa shape index (κ2) is 7.82. The number of rotatable bonds is 5. The van der Waals surface area contributed by atoms with E-state index in [4.69, 9.17) is 10.5 Å². The highest BCUT2D eigenvalue weighted by Gasteiger charge is 2.20. The number of nitrogens with one attached hydrogen (secondary N) is 1. The van der Waals surface area contributed by atoms with Gasteiger partial charge in [0.15, 0.2) is 0 Å². The summed E-state index contributed by atoms with van der Waals surface area (Å²) in [6, 6.07) is 0.362. The number of hydrogen-bond donors (Lipinski definition) is 2. The van der Waals surface area contributed by atoms with Crippen LogP contribution in [-0.4, -0.2) is 56.2 Å². The molecular weight excluding hydrogens is 242 g/mol. The minimum absolute atomic E-state index is 0.203. The molecule has 1 heterocycles. The summed E-state index contributed by atoms with van der Waals surface area (Å²) in [6.45, 7) is 5.29. The normalized spacial score (nSPS) is 29.1. The number of hydrogen-bond acceptors (Lipinski definition) is 4. The van der Waals surface area contributed by atoms with Gasteiger partial charge in [0.2, 0.25) is 5.91 Å². The van der Waals surface area contributed by atoms with Gasteiger partial charge in [-0.05, 0) is 31.6 Å². The van der Waals surface area contributed by atoms with Crippen molar-refractivity contribution in [2.24, 2.45) is 11.7 Å². The quantitative estimate of drug-likeness (QED) is 0.755. The Morgan fingerprint density at radius 1 is 1.21 bits per heavy atom. The van der Waals surface area contributed by atoms with Gasteiger partial charge in [0.1, 0.15) is 0 Å². The number of ether oxygens (including phenoxy) is 1. The highest BCUT2D eigenvalue weighted by Crippen LogP contribution is 2.25. The lowest BCUT2D eigenvalue weighted by atomic mass is 9.84. The van der Waals surface area contributed by atoms with Crippen LogP contribution in [0.3, 0.4) is 0 Å². The van der Waals surface area contributed by atoms with Crippen molar-refractivity contribution in [3.63, 3.8) is 0 Å². The Kier molecular flexibility index (Phi) is 6.07. The molecule has 0 bridgehead atoms. The van der Waals surface area contributed by atoms with E-state index in [1.807, 2.05) is 0 Å². The number of morpholine rings is 1. The van der Waals surface area contributed by atoms with Gasteiger partial charge in [-0.1, -0.05) is 0 Å². The summed E-state index contributed by atoms with van der Waals surface area (Å²) in [5, 5.41) is 3.04. The van der Waals surface area contributed by atoms with Gasteiger partial charge in [-0.15, -0.1) is 0 Å². The van der Waals surface area contributed by atoms with Crippen molar-refractivity contribution in [3.05, 3.63) is 0 Å². The molecule has 110 valence electrons. The molecule has 1 aliphatic heterocycles. The molecule has 0 aromatic carbocycles. The summed E-state index contributed by atoms with van der Waals surface area (Å²) >= 11 is 0. The molecule has 1 saturated carbocycles. The maximum atomic E-state index is 11.8. The molecule has 2 rings (SSSR count). The zero-order chi connectivity index (χ0) is 13.5. The number of amides is 1. The minimum atomic E-state index is 0.203. The van der Waals surface area contributed by atoms with E-state index >= 15 is 0 Å². The number of carbonyl (C=O) groups is 1. The van der Waals surface area contributed by atoms with Crippen LogP contribution >= 0.6 is 0 Å². The summed E-state index contributed by atoms with van der Waals surface area (Å²) in [5.74, 6) is 0.747. The molecule has 3 N–H and O–H groups in total. The highest BCUT2D eigenvalue weighted by molar-refractivity contribution is 5.76. The van der Waals surface area contributed by atoms with E-state index in [1.54, 1.807) is 0 Å². The molecule has 19 heavy (non-hydrogen) atoms. The van der Waals surface area contributed by atoms with Crippen LogP contribution in [0.2, 0.25) is 0 Å². The van der Waals surface area contributed by atoms with Gasteiger partial charge in [0.05, 0.1) is 13.2 Å². The van der Waals surface area contributed by atoms with Crippen molar-refractivity contribution in [3.8, 4) is 0 Å². The molecular formula is C14H27N3O2. The number of nitrogens with two attached hydrogens (primary N) is 1. The largest absolute Gasteiger partial charge is 0.379 e. The van der Waals surface area contributed by atoms with Gasteiger partial charge in [0, 0.05) is 38.6 Å². The van der Waals surface area contributed by atoms with Gasteiger partial charge >= 0.3 is 0 Å². The summed E-state index contributed by atoms with van der Waals surface area (Å²) in [4.78, 5) is 14.2. The molecule has 0 unspecified atom stereocenters. The molecule has 2 aliphatic rings. The van der Waals surface area contributed by atoms with Crippen LogP contribution in [-0.2, 0) is 9.53 Å². The second-order valence-corrected chi connectivity index (χ2v) is 5.79. The summed E-state index contributed by atoms with van der Waals surface area (Å²) < 4.78 is 5.30. The molecule has 0 aromatic rings. The molecule has 5 nitrogen and oxygen atoms in total. The van der Waals surface area contributed by atoms with Crippen LogP contribution in [0, 0.1) is 5.92 Å². The first-order chi connectivity index (χ1) is 9.24. The zero-order valence-corrected chi connectivity index (χ0v) is 11.8. The van der Waals surface area contributed by atoms with Crippen LogP contribution in [0.4, 0.5) is 0 Å². The van der Waals surface area contributed by atoms with Gasteiger partial charge in [-0.25, -0.2) is 0 Å². The lowest BCUT2D eigenvalue weighted by Crippen LogP contribution is -2.41. The Morgan fingerprint density at radius 3 is 2.58 bits per heavy atom. The molecule has 5 heteroatoms. The van der Waals surface area contributed by atoms with E-state index in [0.717, 1.165) is 65.1 Å². The van der Waals surface area contributed by atoms with Crippen LogP contribution in [0.5, 0.6) is 0 Å². The summed E-state index contributed by atoms with van der Waals surface area (Å²) in [6.07, 6.45) is 5.05. The first-order valence-electron chi connectivity index (χ1n) is 7.56. The van der Waals surface area contributed by atoms with E-state index in [-0.39, 0.29) is 5.91 Å². The topological polar surface area (TPSA) is 67.6 Å². The predicted molar refractivity (Wildman–Crippen MR) is 74.8 cm³/mol. The van der Waals surface area contributed by atoms with E-state index < -0.39 is 0 Å². The number of carbonyl (C=O) groups excluding carboxylic acids is 1. The highest BCUT2D eigenvalue weighted by atomic mass is 16.5. The maximum Gasteiger partial charge on any atom is 0.220 e. The Bertz CT molecular complexity index is 272. The second-order valence-electron chi connectivity index (χ2n) is 5.79. The van der Waals surface area contributed by atoms with E-state index in [1.165, 1.54) is 0 Å². The fourth-order valence-corrected chi connectivity index (χ4v) is 2.90. The Labute approximate surface area is 115 Å². The first kappa shape index (κ1) is 14.8. The van der Waals surface area contributed by atoms with Crippen molar-refractivity contribution in [2.45, 2.75) is 38.1 Å². The van der Waals surface area contributed by atoms with Crippen molar-refractivity contribution < 1.29 is 9.53 Å². The van der Waals surface area contributed by atoms with E-state index in [2.05, 4.69) is 10.2 Å². The smallest absolute Gasteiger partial charge is 0.220 e. The molecule has 0 aromatic heterocycles. The van der Waals surface area contributed by atoms with Gasteiger partial charge in [-0.3, -0.25) is 9.69 Å². The third kappa shape index (κ3) is 5.47. The van der Waals surface area contributed by atoms with Crippen molar-refractivity contribution in [1.82, 2.24) is 10.2 Å². The van der Waals surface area contributed by atoms with Crippen LogP contribution in [0.25, 0.3) is 0 Å². The fourth-order valence-electron chi connectivity index (χ4n) is 2.90. The average Bonchev–Trinajstić information content (AvgIpc) is 2.43. The van der Waals surface area contributed by atoms with Crippen molar-refractivity contribution >= 4 is 5.91 Å². The standard InChI is InChI=1S/C14H27N3O2/c15-13-3-1-12(2-4-13)11-14(18)16-5-6-17-7-9-19-10-8-17/h12-13H,1-11,15H2,(H,16,18). The van der Waals surface area contributed by atoms with Crippen LogP contribution < -0.4 is 11.1 Å². The summed E-state index contributed by atoms with van der Waals surface area (Å²) in [7, 11) is 0. The molecule has 0 radical (unpaired) electrons. The van der Waals surface area contributed by atoms with Gasteiger partial charge in [0.25, 0.3) is 0 Å².